The predicted octanol–water partition coefficient (Wildman–Crippen LogP) is 2.12. The van der Waals surface area contributed by atoms with Crippen LogP contribution in [0.5, 0.6) is 0 Å². The maximum absolute atomic E-state index is 5.49. The molecule has 0 aliphatic carbocycles. The number of rotatable bonds is 3. The van der Waals surface area contributed by atoms with E-state index in [9.17, 15) is 0 Å². The molecule has 0 unspecified atom stereocenters. The highest BCUT2D eigenvalue weighted by Gasteiger charge is 2.04. The summed E-state index contributed by atoms with van der Waals surface area (Å²) in [6.07, 6.45) is 1.77. The molecule has 2 rings (SSSR count). The Kier molecular flexibility index (Phi) is 4.30. The van der Waals surface area contributed by atoms with Gasteiger partial charge in [0.1, 0.15) is 0 Å². The fraction of sp³-hybridized carbons (Fsp3) is 0.286. The van der Waals surface area contributed by atoms with Gasteiger partial charge >= 0.3 is 0 Å². The van der Waals surface area contributed by atoms with E-state index in [1.54, 1.807) is 6.20 Å². The normalized spacial score (nSPS) is 11.9. The number of fused-ring (bicyclic) bond motifs is 1. The molecule has 0 atom stereocenters. The zero-order chi connectivity index (χ0) is 13.7. The van der Waals surface area contributed by atoms with Gasteiger partial charge in [0.2, 0.25) is 5.96 Å². The fourth-order valence-corrected chi connectivity index (χ4v) is 1.73. The number of para-hydroxylation sites is 1. The molecule has 2 aromatic rings. The van der Waals surface area contributed by atoms with E-state index in [-0.39, 0.29) is 0 Å². The summed E-state index contributed by atoms with van der Waals surface area (Å²) in [5.74, 6) is 6.52. The summed E-state index contributed by atoms with van der Waals surface area (Å²) in [5.41, 5.74) is 4.37. The van der Waals surface area contributed by atoms with Crippen LogP contribution in [0.2, 0.25) is 0 Å². The molecule has 0 radical (unpaired) electrons. The van der Waals surface area contributed by atoms with Crippen molar-refractivity contribution in [2.24, 2.45) is 16.8 Å². The molecular weight excluding hydrogens is 238 g/mol. The summed E-state index contributed by atoms with van der Waals surface area (Å²) in [6.45, 7) is 4.93. The highest BCUT2D eigenvalue weighted by molar-refractivity contribution is 6.01. The lowest BCUT2D eigenvalue weighted by molar-refractivity contribution is 0.663. The maximum atomic E-state index is 5.49. The lowest BCUT2D eigenvalue weighted by atomic mass is 10.2. The van der Waals surface area contributed by atoms with Gasteiger partial charge in [0, 0.05) is 18.1 Å². The van der Waals surface area contributed by atoms with Crippen LogP contribution in [-0.2, 0) is 0 Å². The van der Waals surface area contributed by atoms with Crippen LogP contribution in [0.1, 0.15) is 13.8 Å². The lowest BCUT2D eigenvalue weighted by Gasteiger charge is -2.11. The Morgan fingerprint density at radius 3 is 2.84 bits per heavy atom. The van der Waals surface area contributed by atoms with Gasteiger partial charge in [-0.1, -0.05) is 32.0 Å². The second kappa shape index (κ2) is 6.15. The second-order valence-electron chi connectivity index (χ2n) is 4.73. The van der Waals surface area contributed by atoms with Crippen LogP contribution in [-0.4, -0.2) is 17.5 Å². The van der Waals surface area contributed by atoms with Crippen molar-refractivity contribution in [1.29, 1.82) is 0 Å². The minimum Gasteiger partial charge on any atom is -0.323 e. The van der Waals surface area contributed by atoms with E-state index < -0.39 is 0 Å². The van der Waals surface area contributed by atoms with Crippen LogP contribution in [0.4, 0.5) is 5.69 Å². The third-order valence-electron chi connectivity index (χ3n) is 2.64. The van der Waals surface area contributed by atoms with Gasteiger partial charge in [-0.2, -0.15) is 0 Å². The third kappa shape index (κ3) is 3.42. The van der Waals surface area contributed by atoms with Gasteiger partial charge in [0.25, 0.3) is 0 Å². The highest BCUT2D eigenvalue weighted by Crippen LogP contribution is 2.20. The summed E-state index contributed by atoms with van der Waals surface area (Å²) < 4.78 is 0. The molecule has 1 heterocycles. The molecule has 0 saturated heterocycles. The van der Waals surface area contributed by atoms with E-state index in [1.807, 2.05) is 30.3 Å². The molecule has 0 aliphatic heterocycles. The number of aliphatic imine (C=N–C) groups is 1. The zero-order valence-electron chi connectivity index (χ0n) is 11.2. The van der Waals surface area contributed by atoms with Gasteiger partial charge in [0.15, 0.2) is 0 Å². The standard InChI is InChI=1S/C14H19N5/c1-10(2)9-17-14(19-15)18-12-7-3-5-11-6-4-8-16-13(11)12/h3-8,10H,9,15H2,1-2H3,(H2,17,18,19). The van der Waals surface area contributed by atoms with Crippen molar-refractivity contribution in [2.45, 2.75) is 13.8 Å². The first-order valence-electron chi connectivity index (χ1n) is 6.32. The first-order valence-corrected chi connectivity index (χ1v) is 6.32. The maximum Gasteiger partial charge on any atom is 0.210 e. The molecule has 19 heavy (non-hydrogen) atoms. The van der Waals surface area contributed by atoms with Crippen LogP contribution < -0.4 is 16.6 Å². The van der Waals surface area contributed by atoms with E-state index in [1.165, 1.54) is 0 Å². The van der Waals surface area contributed by atoms with Gasteiger partial charge in [-0.15, -0.1) is 0 Å². The van der Waals surface area contributed by atoms with Crippen LogP contribution in [0.25, 0.3) is 10.9 Å². The number of anilines is 1. The van der Waals surface area contributed by atoms with Crippen LogP contribution >= 0.6 is 0 Å². The van der Waals surface area contributed by atoms with Crippen molar-refractivity contribution in [3.8, 4) is 0 Å². The number of nitrogens with two attached hydrogens (primary N) is 1. The predicted molar refractivity (Wildman–Crippen MR) is 79.8 cm³/mol. The molecule has 4 N–H and O–H groups in total. The Bertz CT molecular complexity index is 572. The Balaban J connectivity index is 2.27. The fourth-order valence-electron chi connectivity index (χ4n) is 1.73. The number of nitrogens with one attached hydrogen (secondary N) is 2. The van der Waals surface area contributed by atoms with E-state index in [0.29, 0.717) is 18.4 Å². The number of hydrogen-bond donors (Lipinski definition) is 3. The monoisotopic (exact) mass is 257 g/mol. The van der Waals surface area contributed by atoms with Crippen molar-refractivity contribution in [3.05, 3.63) is 36.5 Å². The van der Waals surface area contributed by atoms with E-state index >= 15 is 0 Å². The summed E-state index contributed by atoms with van der Waals surface area (Å²) in [4.78, 5) is 8.76. The Morgan fingerprint density at radius 1 is 1.32 bits per heavy atom. The zero-order valence-corrected chi connectivity index (χ0v) is 11.2. The Morgan fingerprint density at radius 2 is 2.11 bits per heavy atom. The minimum atomic E-state index is 0.482. The molecule has 5 heteroatoms. The quantitative estimate of drug-likeness (QED) is 0.341. The van der Waals surface area contributed by atoms with Crippen molar-refractivity contribution < 1.29 is 0 Å². The minimum absolute atomic E-state index is 0.482. The molecule has 0 bridgehead atoms. The molecule has 0 saturated carbocycles. The van der Waals surface area contributed by atoms with Crippen molar-refractivity contribution in [1.82, 2.24) is 10.4 Å². The first kappa shape index (κ1) is 13.3. The van der Waals surface area contributed by atoms with Crippen LogP contribution in [0.3, 0.4) is 0 Å². The molecule has 1 aromatic carbocycles. The highest BCUT2D eigenvalue weighted by atomic mass is 15.3. The van der Waals surface area contributed by atoms with E-state index in [4.69, 9.17) is 5.84 Å². The number of hydrazine groups is 1. The molecular formula is C14H19N5. The number of hydrogen-bond acceptors (Lipinski definition) is 3. The number of pyridine rings is 1. The van der Waals surface area contributed by atoms with Gasteiger partial charge in [-0.3, -0.25) is 15.4 Å². The van der Waals surface area contributed by atoms with Gasteiger partial charge in [-0.05, 0) is 18.1 Å². The average Bonchev–Trinajstić information content (AvgIpc) is 2.43. The van der Waals surface area contributed by atoms with Crippen molar-refractivity contribution in [3.63, 3.8) is 0 Å². The van der Waals surface area contributed by atoms with Crippen LogP contribution in [0.15, 0.2) is 41.5 Å². The summed E-state index contributed by atoms with van der Waals surface area (Å²) in [5, 5.41) is 4.26. The summed E-state index contributed by atoms with van der Waals surface area (Å²) in [7, 11) is 0. The summed E-state index contributed by atoms with van der Waals surface area (Å²) in [6, 6.07) is 9.89. The molecule has 0 spiro atoms. The molecule has 5 nitrogen and oxygen atoms in total. The van der Waals surface area contributed by atoms with E-state index in [2.05, 4.69) is 34.6 Å². The lowest BCUT2D eigenvalue weighted by Crippen LogP contribution is -2.36. The number of benzene rings is 1. The molecule has 1 aromatic heterocycles. The Hall–Kier alpha value is -2.14. The largest absolute Gasteiger partial charge is 0.323 e. The number of aromatic nitrogens is 1. The van der Waals surface area contributed by atoms with Gasteiger partial charge < -0.3 is 5.32 Å². The number of guanidine groups is 1. The van der Waals surface area contributed by atoms with Gasteiger partial charge in [0.05, 0.1) is 11.2 Å². The SMILES string of the molecule is CC(C)CN=C(NN)Nc1cccc2cccnc12. The Labute approximate surface area is 112 Å². The first-order chi connectivity index (χ1) is 9.20. The van der Waals surface area contributed by atoms with Crippen LogP contribution in [0, 0.1) is 5.92 Å². The second-order valence-corrected chi connectivity index (χ2v) is 4.73. The molecule has 0 fully saturated rings. The number of nitrogens with zero attached hydrogens (tertiary/aromatic N) is 2. The third-order valence-corrected chi connectivity index (χ3v) is 2.64. The van der Waals surface area contributed by atoms with Crippen molar-refractivity contribution >= 4 is 22.5 Å². The molecule has 0 aliphatic rings. The topological polar surface area (TPSA) is 75.3 Å². The van der Waals surface area contributed by atoms with E-state index in [0.717, 1.165) is 16.6 Å². The summed E-state index contributed by atoms with van der Waals surface area (Å²) >= 11 is 0. The average molecular weight is 257 g/mol. The smallest absolute Gasteiger partial charge is 0.210 e. The molecule has 0 amide bonds. The molecule has 100 valence electrons. The van der Waals surface area contributed by atoms with Gasteiger partial charge in [-0.25, -0.2) is 5.84 Å². The van der Waals surface area contributed by atoms with Crippen molar-refractivity contribution in [2.75, 3.05) is 11.9 Å².